The smallest absolute Gasteiger partial charge is 0.124 e. The minimum absolute atomic E-state index is 0.262. The van der Waals surface area contributed by atoms with E-state index in [-0.39, 0.29) is 11.2 Å². The molecule has 0 aromatic heterocycles. The third kappa shape index (κ3) is 3.27. The number of alkyl halides is 1. The lowest BCUT2D eigenvalue weighted by Crippen LogP contribution is -2.01. The third-order valence-electron chi connectivity index (χ3n) is 2.90. The summed E-state index contributed by atoms with van der Waals surface area (Å²) >= 11 is 6.49. The van der Waals surface area contributed by atoms with Gasteiger partial charge in [-0.15, -0.1) is 11.6 Å². The largest absolute Gasteiger partial charge is 0.494 e. The van der Waals surface area contributed by atoms with Gasteiger partial charge in [-0.25, -0.2) is 4.39 Å². The van der Waals surface area contributed by atoms with Gasteiger partial charge in [-0.05, 0) is 37.6 Å². The van der Waals surface area contributed by atoms with E-state index in [2.05, 4.69) is 0 Å². The van der Waals surface area contributed by atoms with Crippen molar-refractivity contribution < 1.29 is 9.13 Å². The van der Waals surface area contributed by atoms with Gasteiger partial charge in [-0.1, -0.05) is 29.8 Å². The van der Waals surface area contributed by atoms with Crippen LogP contribution < -0.4 is 4.74 Å². The van der Waals surface area contributed by atoms with E-state index in [1.165, 1.54) is 12.1 Å². The lowest BCUT2D eigenvalue weighted by molar-refractivity contribution is 0.337. The van der Waals surface area contributed by atoms with Gasteiger partial charge in [0.1, 0.15) is 11.6 Å². The van der Waals surface area contributed by atoms with Crippen LogP contribution in [0, 0.1) is 12.7 Å². The van der Waals surface area contributed by atoms with E-state index in [4.69, 9.17) is 16.3 Å². The van der Waals surface area contributed by atoms with Crippen LogP contribution in [0.2, 0.25) is 0 Å². The summed E-state index contributed by atoms with van der Waals surface area (Å²) in [5.41, 5.74) is 2.89. The highest BCUT2D eigenvalue weighted by molar-refractivity contribution is 6.22. The van der Waals surface area contributed by atoms with E-state index in [1.807, 2.05) is 32.0 Å². The average Bonchev–Trinajstić information content (AvgIpc) is 2.41. The summed E-state index contributed by atoms with van der Waals surface area (Å²) in [6.45, 7) is 4.53. The number of rotatable bonds is 4. The summed E-state index contributed by atoms with van der Waals surface area (Å²) in [6, 6.07) is 12.2. The Balaban J connectivity index is 2.39. The van der Waals surface area contributed by atoms with Crippen LogP contribution in [0.25, 0.3) is 0 Å². The zero-order chi connectivity index (χ0) is 13.8. The van der Waals surface area contributed by atoms with Crippen molar-refractivity contribution in [1.82, 2.24) is 0 Å². The van der Waals surface area contributed by atoms with Gasteiger partial charge in [0.05, 0.1) is 12.0 Å². The second kappa shape index (κ2) is 6.07. The van der Waals surface area contributed by atoms with Gasteiger partial charge in [0.2, 0.25) is 0 Å². The third-order valence-corrected chi connectivity index (χ3v) is 3.39. The minimum Gasteiger partial charge on any atom is -0.494 e. The molecule has 2 aromatic carbocycles. The molecule has 0 spiro atoms. The maximum Gasteiger partial charge on any atom is 0.124 e. The van der Waals surface area contributed by atoms with Crippen LogP contribution in [0.1, 0.15) is 29.0 Å². The predicted octanol–water partition coefficient (Wildman–Crippen LogP) is 4.86. The number of aryl methyl sites for hydroxylation is 1. The molecular formula is C16H16ClFO. The first-order chi connectivity index (χ1) is 9.11. The number of halogens is 2. The number of hydrogen-bond acceptors (Lipinski definition) is 1. The first kappa shape index (κ1) is 13.9. The summed E-state index contributed by atoms with van der Waals surface area (Å²) in [5, 5.41) is -0.345. The highest BCUT2D eigenvalue weighted by Gasteiger charge is 2.16. The van der Waals surface area contributed by atoms with Gasteiger partial charge >= 0.3 is 0 Å². The molecule has 1 atom stereocenters. The molecule has 2 aromatic rings. The van der Waals surface area contributed by atoms with Crippen molar-refractivity contribution in [2.75, 3.05) is 6.61 Å². The van der Waals surface area contributed by atoms with E-state index >= 15 is 0 Å². The van der Waals surface area contributed by atoms with Crippen molar-refractivity contribution in [2.24, 2.45) is 0 Å². The van der Waals surface area contributed by atoms with Gasteiger partial charge in [0.25, 0.3) is 0 Å². The van der Waals surface area contributed by atoms with Crippen LogP contribution >= 0.6 is 11.6 Å². The van der Waals surface area contributed by atoms with Crippen molar-refractivity contribution >= 4 is 11.6 Å². The SMILES string of the molecule is CCOc1ccc(C)cc1C(Cl)c1ccc(F)cc1. The van der Waals surface area contributed by atoms with Crippen LogP contribution in [0.3, 0.4) is 0 Å². The first-order valence-electron chi connectivity index (χ1n) is 6.24. The molecule has 0 saturated heterocycles. The number of hydrogen-bond donors (Lipinski definition) is 0. The van der Waals surface area contributed by atoms with Crippen LogP contribution in [0.4, 0.5) is 4.39 Å². The molecule has 0 aliphatic rings. The molecule has 2 rings (SSSR count). The predicted molar refractivity (Wildman–Crippen MR) is 76.4 cm³/mol. The van der Waals surface area contributed by atoms with E-state index in [0.717, 1.165) is 22.4 Å². The fourth-order valence-electron chi connectivity index (χ4n) is 1.96. The Hall–Kier alpha value is -1.54. The van der Waals surface area contributed by atoms with Crippen molar-refractivity contribution in [2.45, 2.75) is 19.2 Å². The Bertz CT molecular complexity index is 551. The highest BCUT2D eigenvalue weighted by Crippen LogP contribution is 2.35. The summed E-state index contributed by atoms with van der Waals surface area (Å²) in [6.07, 6.45) is 0. The van der Waals surface area contributed by atoms with E-state index in [0.29, 0.717) is 6.61 Å². The van der Waals surface area contributed by atoms with Gasteiger partial charge in [0.15, 0.2) is 0 Å². The fraction of sp³-hybridized carbons (Fsp3) is 0.250. The molecule has 0 fully saturated rings. The zero-order valence-electron chi connectivity index (χ0n) is 11.0. The maximum atomic E-state index is 12.9. The molecule has 3 heteroatoms. The topological polar surface area (TPSA) is 9.23 Å². The standard InChI is InChI=1S/C16H16ClFO/c1-3-19-15-9-4-11(2)10-14(15)16(17)12-5-7-13(18)8-6-12/h4-10,16H,3H2,1-2H3. The molecule has 0 saturated carbocycles. The molecule has 100 valence electrons. The summed E-state index contributed by atoms with van der Waals surface area (Å²) in [7, 11) is 0. The number of benzene rings is 2. The van der Waals surface area contributed by atoms with Gasteiger partial charge in [0, 0.05) is 5.56 Å². The molecule has 0 heterocycles. The van der Waals surface area contributed by atoms with E-state index in [9.17, 15) is 4.39 Å². The maximum absolute atomic E-state index is 12.9. The van der Waals surface area contributed by atoms with Crippen LogP contribution in [0.15, 0.2) is 42.5 Å². The fourth-order valence-corrected chi connectivity index (χ4v) is 2.28. The quantitative estimate of drug-likeness (QED) is 0.726. The molecule has 0 radical (unpaired) electrons. The Morgan fingerprint density at radius 3 is 2.47 bits per heavy atom. The highest BCUT2D eigenvalue weighted by atomic mass is 35.5. The molecule has 19 heavy (non-hydrogen) atoms. The van der Waals surface area contributed by atoms with Crippen LogP contribution in [0.5, 0.6) is 5.75 Å². The Morgan fingerprint density at radius 1 is 1.16 bits per heavy atom. The Labute approximate surface area is 118 Å². The van der Waals surface area contributed by atoms with Gasteiger partial charge in [-0.2, -0.15) is 0 Å². The molecule has 0 aliphatic heterocycles. The van der Waals surface area contributed by atoms with Crippen molar-refractivity contribution in [3.8, 4) is 5.75 Å². The van der Waals surface area contributed by atoms with Crippen molar-refractivity contribution in [1.29, 1.82) is 0 Å². The van der Waals surface area contributed by atoms with E-state index < -0.39 is 0 Å². The summed E-state index contributed by atoms with van der Waals surface area (Å²) < 4.78 is 18.5. The molecular weight excluding hydrogens is 263 g/mol. The molecule has 0 N–H and O–H groups in total. The summed E-state index contributed by atoms with van der Waals surface area (Å²) in [5.74, 6) is 0.513. The summed E-state index contributed by atoms with van der Waals surface area (Å²) in [4.78, 5) is 0. The van der Waals surface area contributed by atoms with Gasteiger partial charge in [-0.3, -0.25) is 0 Å². The normalized spacial score (nSPS) is 12.2. The Kier molecular flexibility index (Phi) is 4.43. The molecule has 0 amide bonds. The lowest BCUT2D eigenvalue weighted by Gasteiger charge is -2.16. The Morgan fingerprint density at radius 2 is 1.84 bits per heavy atom. The molecule has 1 unspecified atom stereocenters. The van der Waals surface area contributed by atoms with Gasteiger partial charge < -0.3 is 4.74 Å². The lowest BCUT2D eigenvalue weighted by atomic mass is 10.0. The second-order valence-corrected chi connectivity index (χ2v) is 4.82. The van der Waals surface area contributed by atoms with E-state index in [1.54, 1.807) is 12.1 Å². The molecule has 1 nitrogen and oxygen atoms in total. The average molecular weight is 279 g/mol. The minimum atomic E-state index is -0.345. The zero-order valence-corrected chi connectivity index (χ0v) is 11.7. The van der Waals surface area contributed by atoms with Crippen LogP contribution in [-0.2, 0) is 0 Å². The van der Waals surface area contributed by atoms with Crippen molar-refractivity contribution in [3.05, 3.63) is 65.0 Å². The first-order valence-corrected chi connectivity index (χ1v) is 6.68. The second-order valence-electron chi connectivity index (χ2n) is 4.39. The molecule has 0 bridgehead atoms. The van der Waals surface area contributed by atoms with Crippen molar-refractivity contribution in [3.63, 3.8) is 0 Å². The molecule has 0 aliphatic carbocycles. The number of ether oxygens (including phenoxy) is 1. The van der Waals surface area contributed by atoms with Crippen LogP contribution in [-0.4, -0.2) is 6.61 Å². The monoisotopic (exact) mass is 278 g/mol.